The van der Waals surface area contributed by atoms with E-state index >= 15 is 0 Å². The summed E-state index contributed by atoms with van der Waals surface area (Å²) in [6, 6.07) is 5.60. The average Bonchev–Trinajstić information content (AvgIpc) is 2.72. The molecule has 23 heavy (non-hydrogen) atoms. The second-order valence-electron chi connectivity index (χ2n) is 6.99. The first-order valence-electron chi connectivity index (χ1n) is 7.68. The van der Waals surface area contributed by atoms with Gasteiger partial charge in [-0.25, -0.2) is 4.98 Å². The molecule has 1 aromatic carbocycles. The minimum Gasteiger partial charge on any atom is -0.392 e. The van der Waals surface area contributed by atoms with Gasteiger partial charge in [0.25, 0.3) is 0 Å². The molecular formula is C18H21N3O2. The Morgan fingerprint density at radius 1 is 1.35 bits per heavy atom. The fourth-order valence-corrected chi connectivity index (χ4v) is 2.55. The molecule has 2 N–H and O–H groups in total. The standard InChI is InChI=1S/C18H21N3O2/c1-18(2,3)10-16(23)20-17-19-14-8-7-12(11-22)9-15(14)21(17)13-5-4-6-13/h4-9,22H,10-11H2,1-3H3,(H,19,20,23). The first-order chi connectivity index (χ1) is 10.9. The largest absolute Gasteiger partial charge is 0.392 e. The van der Waals surface area contributed by atoms with E-state index < -0.39 is 0 Å². The van der Waals surface area contributed by atoms with E-state index in [9.17, 15) is 9.90 Å². The lowest BCUT2D eigenvalue weighted by Crippen LogP contribution is -2.21. The molecule has 1 aromatic heterocycles. The van der Waals surface area contributed by atoms with Crippen LogP contribution in [0.3, 0.4) is 0 Å². The first kappa shape index (κ1) is 15.5. The van der Waals surface area contributed by atoms with Crippen molar-refractivity contribution >= 4 is 28.6 Å². The van der Waals surface area contributed by atoms with Crippen molar-refractivity contribution in [2.24, 2.45) is 5.41 Å². The van der Waals surface area contributed by atoms with Gasteiger partial charge in [-0.05, 0) is 35.3 Å². The summed E-state index contributed by atoms with van der Waals surface area (Å²) in [7, 11) is 0. The maximum atomic E-state index is 12.3. The number of imidazole rings is 1. The number of carbonyl (C=O) groups excluding carboxylic acids is 1. The Kier molecular flexibility index (Phi) is 3.82. The molecule has 0 radical (unpaired) electrons. The summed E-state index contributed by atoms with van der Waals surface area (Å²) in [6.07, 6.45) is 6.29. The van der Waals surface area contributed by atoms with Gasteiger partial charge >= 0.3 is 0 Å². The number of benzene rings is 1. The number of anilines is 1. The lowest BCUT2D eigenvalue weighted by atomic mass is 9.92. The number of rotatable bonds is 4. The molecule has 0 fully saturated rings. The van der Waals surface area contributed by atoms with Crippen molar-refractivity contribution in [1.29, 1.82) is 0 Å². The van der Waals surface area contributed by atoms with Crippen molar-refractivity contribution in [1.82, 2.24) is 9.55 Å². The number of nitrogens with one attached hydrogen (secondary N) is 1. The zero-order valence-corrected chi connectivity index (χ0v) is 13.6. The van der Waals surface area contributed by atoms with Crippen LogP contribution < -0.4 is 5.32 Å². The molecule has 0 atom stereocenters. The highest BCUT2D eigenvalue weighted by Crippen LogP contribution is 2.29. The molecule has 3 rings (SSSR count). The van der Waals surface area contributed by atoms with E-state index in [1.807, 2.05) is 61.8 Å². The summed E-state index contributed by atoms with van der Waals surface area (Å²) in [5, 5.41) is 12.3. The van der Waals surface area contributed by atoms with E-state index in [-0.39, 0.29) is 17.9 Å². The molecular weight excluding hydrogens is 290 g/mol. The van der Waals surface area contributed by atoms with Gasteiger partial charge in [0.2, 0.25) is 11.9 Å². The smallest absolute Gasteiger partial charge is 0.227 e. The highest BCUT2D eigenvalue weighted by molar-refractivity contribution is 5.94. The van der Waals surface area contributed by atoms with E-state index in [2.05, 4.69) is 10.3 Å². The molecule has 1 aliphatic rings. The van der Waals surface area contributed by atoms with Crippen LogP contribution in [0.4, 0.5) is 5.95 Å². The van der Waals surface area contributed by atoms with Gasteiger partial charge in [-0.1, -0.05) is 32.9 Å². The summed E-state index contributed by atoms with van der Waals surface area (Å²) in [5.41, 5.74) is 3.36. The van der Waals surface area contributed by atoms with Crippen LogP contribution in [0.15, 0.2) is 36.4 Å². The van der Waals surface area contributed by atoms with Crippen LogP contribution in [0.5, 0.6) is 0 Å². The van der Waals surface area contributed by atoms with Gasteiger partial charge in [-0.2, -0.15) is 0 Å². The second kappa shape index (κ2) is 5.66. The van der Waals surface area contributed by atoms with E-state index in [1.165, 1.54) is 0 Å². The van der Waals surface area contributed by atoms with Gasteiger partial charge in [-0.15, -0.1) is 0 Å². The Labute approximate surface area is 135 Å². The third-order valence-corrected chi connectivity index (χ3v) is 3.64. The number of hydrogen-bond acceptors (Lipinski definition) is 3. The monoisotopic (exact) mass is 311 g/mol. The number of hydrogen-bond donors (Lipinski definition) is 2. The highest BCUT2D eigenvalue weighted by Gasteiger charge is 2.20. The van der Waals surface area contributed by atoms with Gasteiger partial charge in [0.05, 0.1) is 17.6 Å². The lowest BCUT2D eigenvalue weighted by Gasteiger charge is -2.18. The molecule has 0 aliphatic heterocycles. The summed E-state index contributed by atoms with van der Waals surface area (Å²) < 4.78 is 1.91. The SMILES string of the molecule is CC(C)(C)CC(=O)Nc1nc2ccc(CO)cc2n1C1=CC=C1. The number of aromatic nitrogens is 2. The van der Waals surface area contributed by atoms with Crippen LogP contribution >= 0.6 is 0 Å². The second-order valence-corrected chi connectivity index (χ2v) is 6.99. The third kappa shape index (κ3) is 3.19. The van der Waals surface area contributed by atoms with Gasteiger partial charge in [0.15, 0.2) is 0 Å². The molecule has 5 nitrogen and oxygen atoms in total. The predicted octanol–water partition coefficient (Wildman–Crippen LogP) is 3.31. The summed E-state index contributed by atoms with van der Waals surface area (Å²) in [5.74, 6) is 0.459. The van der Waals surface area contributed by atoms with E-state index in [1.54, 1.807) is 0 Å². The number of fused-ring (bicyclic) bond motifs is 1. The van der Waals surface area contributed by atoms with Crippen LogP contribution in [0, 0.1) is 5.41 Å². The molecule has 5 heteroatoms. The Hall–Kier alpha value is -2.40. The van der Waals surface area contributed by atoms with E-state index in [0.29, 0.717) is 12.4 Å². The molecule has 0 saturated heterocycles. The number of allylic oxidation sites excluding steroid dienone is 4. The molecule has 0 spiro atoms. The van der Waals surface area contributed by atoms with Crippen molar-refractivity contribution in [3.05, 3.63) is 42.0 Å². The molecule has 0 bridgehead atoms. The fraction of sp³-hybridized carbons (Fsp3) is 0.333. The van der Waals surface area contributed by atoms with E-state index in [0.717, 1.165) is 22.3 Å². The number of carbonyl (C=O) groups is 1. The predicted molar refractivity (Wildman–Crippen MR) is 91.8 cm³/mol. The maximum absolute atomic E-state index is 12.3. The Balaban J connectivity index is 2.00. The summed E-state index contributed by atoms with van der Waals surface area (Å²) in [6.45, 7) is 6.06. The van der Waals surface area contributed by atoms with Gasteiger partial charge in [-0.3, -0.25) is 14.7 Å². The molecule has 1 aliphatic carbocycles. The molecule has 0 unspecified atom stereocenters. The number of aliphatic hydroxyl groups excluding tert-OH is 1. The molecule has 1 heterocycles. The number of aliphatic hydroxyl groups is 1. The van der Waals surface area contributed by atoms with Gasteiger partial charge < -0.3 is 5.11 Å². The zero-order chi connectivity index (χ0) is 16.6. The fourth-order valence-electron chi connectivity index (χ4n) is 2.55. The number of nitrogens with zero attached hydrogens (tertiary/aromatic N) is 2. The highest BCUT2D eigenvalue weighted by atomic mass is 16.3. The summed E-state index contributed by atoms with van der Waals surface area (Å²) in [4.78, 5) is 16.8. The van der Waals surface area contributed by atoms with Crippen LogP contribution in [0.2, 0.25) is 0 Å². The van der Waals surface area contributed by atoms with Crippen LogP contribution in [0.1, 0.15) is 32.8 Å². The average molecular weight is 311 g/mol. The quantitative estimate of drug-likeness (QED) is 0.910. The zero-order valence-electron chi connectivity index (χ0n) is 13.6. The lowest BCUT2D eigenvalue weighted by molar-refractivity contribution is -0.117. The Morgan fingerprint density at radius 2 is 2.09 bits per heavy atom. The minimum atomic E-state index is -0.0827. The normalized spacial score (nSPS) is 13.8. The van der Waals surface area contributed by atoms with Crippen LogP contribution in [-0.4, -0.2) is 20.6 Å². The van der Waals surface area contributed by atoms with Crippen molar-refractivity contribution < 1.29 is 9.90 Å². The van der Waals surface area contributed by atoms with Crippen molar-refractivity contribution in [3.8, 4) is 0 Å². The van der Waals surface area contributed by atoms with E-state index in [4.69, 9.17) is 0 Å². The maximum Gasteiger partial charge on any atom is 0.227 e. The van der Waals surface area contributed by atoms with Crippen molar-refractivity contribution in [2.75, 3.05) is 5.32 Å². The first-order valence-corrected chi connectivity index (χ1v) is 7.68. The van der Waals surface area contributed by atoms with Crippen LogP contribution in [-0.2, 0) is 11.4 Å². The number of amides is 1. The Morgan fingerprint density at radius 3 is 2.65 bits per heavy atom. The third-order valence-electron chi connectivity index (χ3n) is 3.64. The van der Waals surface area contributed by atoms with Crippen LogP contribution in [0.25, 0.3) is 16.7 Å². The summed E-state index contributed by atoms with van der Waals surface area (Å²) >= 11 is 0. The Bertz CT molecular complexity index is 823. The molecule has 1 amide bonds. The molecule has 2 aromatic rings. The van der Waals surface area contributed by atoms with Gasteiger partial charge in [0, 0.05) is 12.1 Å². The van der Waals surface area contributed by atoms with Crippen molar-refractivity contribution in [2.45, 2.75) is 33.8 Å². The minimum absolute atomic E-state index is 0.0261. The topological polar surface area (TPSA) is 67.2 Å². The van der Waals surface area contributed by atoms with Crippen molar-refractivity contribution in [3.63, 3.8) is 0 Å². The molecule has 120 valence electrons. The van der Waals surface area contributed by atoms with Gasteiger partial charge in [0.1, 0.15) is 0 Å². The molecule has 0 saturated carbocycles.